The highest BCUT2D eigenvalue weighted by molar-refractivity contribution is 6.11. The third-order valence-corrected chi connectivity index (χ3v) is 6.07. The molecule has 0 atom stereocenters. The second kappa shape index (κ2) is 6.84. The van der Waals surface area contributed by atoms with Crippen molar-refractivity contribution in [2.45, 2.75) is 34.6 Å². The standard InChI is InChI=1S/C28H25NO/c1-16-13-17(2)24(15-23(16)21-9-7-6-8-10-21)26-19(4)14-18(3)25-22-12-11-20(5)29-28(22)30-27(25)26/h6-15H,1-5H3. The Kier molecular flexibility index (Phi) is 4.25. The lowest BCUT2D eigenvalue weighted by molar-refractivity contribution is 0.653. The minimum absolute atomic E-state index is 0.716. The highest BCUT2D eigenvalue weighted by Gasteiger charge is 2.20. The van der Waals surface area contributed by atoms with Gasteiger partial charge in [0, 0.05) is 22.0 Å². The van der Waals surface area contributed by atoms with Gasteiger partial charge in [0.25, 0.3) is 0 Å². The SMILES string of the molecule is Cc1ccc2c(n1)oc1c(-c3cc(-c4ccccc4)c(C)cc3C)c(C)cc(C)c12. The van der Waals surface area contributed by atoms with Crippen molar-refractivity contribution in [3.05, 3.63) is 88.6 Å². The molecule has 2 nitrogen and oxygen atoms in total. The summed E-state index contributed by atoms with van der Waals surface area (Å²) in [7, 11) is 0. The molecule has 0 aliphatic carbocycles. The van der Waals surface area contributed by atoms with E-state index in [1.807, 2.05) is 6.92 Å². The third-order valence-electron chi connectivity index (χ3n) is 6.07. The summed E-state index contributed by atoms with van der Waals surface area (Å²) >= 11 is 0. The third kappa shape index (κ3) is 2.83. The first-order valence-corrected chi connectivity index (χ1v) is 10.4. The minimum Gasteiger partial charge on any atom is -0.437 e. The topological polar surface area (TPSA) is 26.0 Å². The van der Waals surface area contributed by atoms with Crippen LogP contribution in [-0.2, 0) is 0 Å². The van der Waals surface area contributed by atoms with Gasteiger partial charge < -0.3 is 4.42 Å². The second-order valence-electron chi connectivity index (χ2n) is 8.34. The Bertz CT molecular complexity index is 1420. The van der Waals surface area contributed by atoms with E-state index in [0.717, 1.165) is 16.7 Å². The van der Waals surface area contributed by atoms with E-state index in [-0.39, 0.29) is 0 Å². The first kappa shape index (κ1) is 18.6. The highest BCUT2D eigenvalue weighted by atomic mass is 16.3. The van der Waals surface area contributed by atoms with Crippen LogP contribution in [0.25, 0.3) is 44.3 Å². The molecule has 5 aromatic rings. The maximum absolute atomic E-state index is 6.40. The molecule has 0 N–H and O–H groups in total. The Morgan fingerprint density at radius 1 is 0.667 bits per heavy atom. The number of benzene rings is 3. The Labute approximate surface area is 177 Å². The highest BCUT2D eigenvalue weighted by Crippen LogP contribution is 2.42. The molecule has 2 heterocycles. The number of nitrogens with zero attached hydrogens (tertiary/aromatic N) is 1. The van der Waals surface area contributed by atoms with Crippen LogP contribution < -0.4 is 0 Å². The van der Waals surface area contributed by atoms with Crippen molar-refractivity contribution in [3.63, 3.8) is 0 Å². The molecule has 0 bridgehead atoms. The van der Waals surface area contributed by atoms with Crippen LogP contribution in [0, 0.1) is 34.6 Å². The fourth-order valence-corrected chi connectivity index (χ4v) is 4.67. The Balaban J connectivity index is 1.87. The molecular weight excluding hydrogens is 366 g/mol. The van der Waals surface area contributed by atoms with Crippen molar-refractivity contribution in [2.75, 3.05) is 0 Å². The molecule has 0 aliphatic heterocycles. The number of pyridine rings is 1. The molecule has 0 spiro atoms. The lowest BCUT2D eigenvalue weighted by Gasteiger charge is -2.16. The quantitative estimate of drug-likeness (QED) is 0.306. The van der Waals surface area contributed by atoms with E-state index in [2.05, 4.69) is 93.3 Å². The van der Waals surface area contributed by atoms with E-state index in [9.17, 15) is 0 Å². The van der Waals surface area contributed by atoms with Gasteiger partial charge in [0.1, 0.15) is 5.58 Å². The van der Waals surface area contributed by atoms with Crippen LogP contribution >= 0.6 is 0 Å². The lowest BCUT2D eigenvalue weighted by atomic mass is 9.88. The number of aryl methyl sites for hydroxylation is 5. The summed E-state index contributed by atoms with van der Waals surface area (Å²) in [6.45, 7) is 10.7. The van der Waals surface area contributed by atoms with E-state index in [4.69, 9.17) is 4.42 Å². The van der Waals surface area contributed by atoms with Gasteiger partial charge in [-0.2, -0.15) is 0 Å². The first-order chi connectivity index (χ1) is 14.4. The van der Waals surface area contributed by atoms with Crippen molar-refractivity contribution >= 4 is 22.1 Å². The van der Waals surface area contributed by atoms with Crippen molar-refractivity contribution in [3.8, 4) is 22.3 Å². The summed E-state index contributed by atoms with van der Waals surface area (Å²) in [5.74, 6) is 0. The zero-order valence-electron chi connectivity index (χ0n) is 18.1. The number of aromatic nitrogens is 1. The summed E-state index contributed by atoms with van der Waals surface area (Å²) in [4.78, 5) is 4.65. The fourth-order valence-electron chi connectivity index (χ4n) is 4.67. The minimum atomic E-state index is 0.716. The van der Waals surface area contributed by atoms with Gasteiger partial charge in [0.05, 0.1) is 0 Å². The van der Waals surface area contributed by atoms with Crippen LogP contribution in [0.3, 0.4) is 0 Å². The van der Waals surface area contributed by atoms with Crippen LogP contribution in [0.1, 0.15) is 27.9 Å². The predicted octanol–water partition coefficient (Wildman–Crippen LogP) is 7.86. The smallest absolute Gasteiger partial charge is 0.227 e. The molecule has 3 aromatic carbocycles. The summed E-state index contributed by atoms with van der Waals surface area (Å²) < 4.78 is 6.40. The number of furan rings is 1. The number of rotatable bonds is 2. The molecule has 5 rings (SSSR count). The largest absolute Gasteiger partial charge is 0.437 e. The second-order valence-corrected chi connectivity index (χ2v) is 8.34. The molecule has 0 unspecified atom stereocenters. The lowest BCUT2D eigenvalue weighted by Crippen LogP contribution is -1.93. The van der Waals surface area contributed by atoms with Crippen LogP contribution in [-0.4, -0.2) is 4.98 Å². The van der Waals surface area contributed by atoms with Gasteiger partial charge in [-0.05, 0) is 91.8 Å². The first-order valence-electron chi connectivity index (χ1n) is 10.4. The zero-order valence-corrected chi connectivity index (χ0v) is 18.1. The molecule has 0 radical (unpaired) electrons. The average molecular weight is 392 g/mol. The maximum atomic E-state index is 6.40. The zero-order chi connectivity index (χ0) is 21.0. The summed E-state index contributed by atoms with van der Waals surface area (Å²) in [5.41, 5.74) is 12.5. The number of hydrogen-bond acceptors (Lipinski definition) is 2. The molecule has 2 heteroatoms. The van der Waals surface area contributed by atoms with Crippen LogP contribution in [0.4, 0.5) is 0 Å². The van der Waals surface area contributed by atoms with Crippen molar-refractivity contribution in [1.29, 1.82) is 0 Å². The molecule has 2 aromatic heterocycles. The molecular formula is C28H25NO. The van der Waals surface area contributed by atoms with Crippen LogP contribution in [0.2, 0.25) is 0 Å². The van der Waals surface area contributed by atoms with Crippen LogP contribution in [0.5, 0.6) is 0 Å². The molecule has 0 aliphatic rings. The van der Waals surface area contributed by atoms with Gasteiger partial charge in [-0.25, -0.2) is 4.98 Å². The predicted molar refractivity (Wildman–Crippen MR) is 126 cm³/mol. The van der Waals surface area contributed by atoms with E-state index in [1.165, 1.54) is 49.9 Å². The summed E-state index contributed by atoms with van der Waals surface area (Å²) in [6.07, 6.45) is 0. The molecule has 0 amide bonds. The van der Waals surface area contributed by atoms with Crippen LogP contribution in [0.15, 0.2) is 65.1 Å². The normalized spacial score (nSPS) is 11.5. The molecule has 0 saturated heterocycles. The summed E-state index contributed by atoms with van der Waals surface area (Å²) in [6, 6.07) is 21.7. The van der Waals surface area contributed by atoms with E-state index in [1.54, 1.807) is 0 Å². The summed E-state index contributed by atoms with van der Waals surface area (Å²) in [5, 5.41) is 2.25. The van der Waals surface area contributed by atoms with E-state index < -0.39 is 0 Å². The maximum Gasteiger partial charge on any atom is 0.227 e. The Hall–Kier alpha value is -3.39. The molecule has 148 valence electrons. The van der Waals surface area contributed by atoms with Gasteiger partial charge >= 0.3 is 0 Å². The van der Waals surface area contributed by atoms with Crippen molar-refractivity contribution in [1.82, 2.24) is 4.98 Å². The van der Waals surface area contributed by atoms with Gasteiger partial charge in [0.15, 0.2) is 0 Å². The number of fused-ring (bicyclic) bond motifs is 3. The molecule has 0 saturated carbocycles. The van der Waals surface area contributed by atoms with E-state index in [0.29, 0.717) is 5.71 Å². The average Bonchev–Trinajstić information content (AvgIpc) is 3.08. The Morgan fingerprint density at radius 2 is 1.37 bits per heavy atom. The molecule has 30 heavy (non-hydrogen) atoms. The van der Waals surface area contributed by atoms with Gasteiger partial charge in [-0.15, -0.1) is 0 Å². The van der Waals surface area contributed by atoms with Gasteiger partial charge in [-0.1, -0.05) is 42.5 Å². The number of hydrogen-bond donors (Lipinski definition) is 0. The van der Waals surface area contributed by atoms with Crippen molar-refractivity contribution in [2.24, 2.45) is 0 Å². The van der Waals surface area contributed by atoms with Gasteiger partial charge in [-0.3, -0.25) is 0 Å². The Morgan fingerprint density at radius 3 is 2.13 bits per heavy atom. The molecule has 0 fully saturated rings. The van der Waals surface area contributed by atoms with E-state index >= 15 is 0 Å². The van der Waals surface area contributed by atoms with Crippen molar-refractivity contribution < 1.29 is 4.42 Å². The fraction of sp³-hybridized carbons (Fsp3) is 0.179. The monoisotopic (exact) mass is 391 g/mol. The van der Waals surface area contributed by atoms with Gasteiger partial charge in [0.2, 0.25) is 5.71 Å².